The lowest BCUT2D eigenvalue weighted by atomic mass is 10.2. The highest BCUT2D eigenvalue weighted by Gasteiger charge is 2.10. The number of pyridine rings is 1. The molecule has 0 aliphatic rings. The van der Waals surface area contributed by atoms with Crippen LogP contribution in [0.3, 0.4) is 0 Å². The van der Waals surface area contributed by atoms with Gasteiger partial charge in [-0.1, -0.05) is 36.4 Å². The predicted octanol–water partition coefficient (Wildman–Crippen LogP) is 3.01. The quantitative estimate of drug-likeness (QED) is 0.721. The van der Waals surface area contributed by atoms with E-state index in [0.29, 0.717) is 18.3 Å². The smallest absolute Gasteiger partial charge is 0.224 e. The minimum atomic E-state index is 0.491. The maximum Gasteiger partial charge on any atom is 0.224 e. The molecule has 128 valence electrons. The highest BCUT2D eigenvalue weighted by molar-refractivity contribution is 5.49. The van der Waals surface area contributed by atoms with Crippen LogP contribution in [0.2, 0.25) is 0 Å². The van der Waals surface area contributed by atoms with Crippen molar-refractivity contribution in [2.24, 2.45) is 0 Å². The second-order valence-electron chi connectivity index (χ2n) is 5.94. The lowest BCUT2D eigenvalue weighted by Crippen LogP contribution is -2.20. The van der Waals surface area contributed by atoms with Gasteiger partial charge in [0.1, 0.15) is 11.6 Å². The fraction of sp³-hybridized carbons (Fsp3) is 0.211. The second kappa shape index (κ2) is 7.61. The molecule has 0 unspecified atom stereocenters. The number of aryl methyl sites for hydroxylation is 1. The minimum Gasteiger partial charge on any atom is -0.383 e. The molecular formula is C19H22N6. The van der Waals surface area contributed by atoms with E-state index in [9.17, 15) is 0 Å². The Kier molecular flexibility index (Phi) is 5.09. The molecule has 0 spiro atoms. The van der Waals surface area contributed by atoms with E-state index in [-0.39, 0.29) is 0 Å². The highest BCUT2D eigenvalue weighted by atomic mass is 15.2. The van der Waals surface area contributed by atoms with Gasteiger partial charge in [-0.25, -0.2) is 9.97 Å². The Balaban J connectivity index is 1.73. The third-order valence-corrected chi connectivity index (χ3v) is 3.94. The number of rotatable bonds is 6. The molecule has 0 aliphatic heterocycles. The van der Waals surface area contributed by atoms with Crippen molar-refractivity contribution in [3.63, 3.8) is 0 Å². The average Bonchev–Trinajstić information content (AvgIpc) is 2.64. The summed E-state index contributed by atoms with van der Waals surface area (Å²) in [6.45, 7) is 3.25. The Labute approximate surface area is 147 Å². The molecule has 2 aromatic heterocycles. The molecule has 3 rings (SSSR count). The molecule has 6 nitrogen and oxygen atoms in total. The van der Waals surface area contributed by atoms with E-state index in [1.165, 1.54) is 5.56 Å². The molecule has 1 aromatic carbocycles. The molecule has 0 saturated heterocycles. The summed E-state index contributed by atoms with van der Waals surface area (Å²) < 4.78 is 0. The summed E-state index contributed by atoms with van der Waals surface area (Å²) in [5.41, 5.74) is 9.03. The van der Waals surface area contributed by atoms with Crippen molar-refractivity contribution >= 4 is 17.6 Å². The van der Waals surface area contributed by atoms with Gasteiger partial charge in [-0.2, -0.15) is 4.98 Å². The van der Waals surface area contributed by atoms with Gasteiger partial charge < -0.3 is 16.0 Å². The van der Waals surface area contributed by atoms with E-state index in [1.807, 2.05) is 44.3 Å². The minimum absolute atomic E-state index is 0.491. The summed E-state index contributed by atoms with van der Waals surface area (Å²) in [5.74, 6) is 1.94. The summed E-state index contributed by atoms with van der Waals surface area (Å²) in [4.78, 5) is 15.2. The van der Waals surface area contributed by atoms with Crippen molar-refractivity contribution < 1.29 is 0 Å². The SMILES string of the molecule is Cc1cnc(NCc2cccnc2N(C)Cc2ccccc2)nc1N. The molecule has 0 saturated carbocycles. The maximum absolute atomic E-state index is 5.84. The van der Waals surface area contributed by atoms with Crippen molar-refractivity contribution in [3.8, 4) is 0 Å². The zero-order chi connectivity index (χ0) is 17.6. The summed E-state index contributed by atoms with van der Waals surface area (Å²) in [5, 5.41) is 3.22. The third-order valence-electron chi connectivity index (χ3n) is 3.94. The van der Waals surface area contributed by atoms with Crippen LogP contribution >= 0.6 is 0 Å². The molecular weight excluding hydrogens is 312 g/mol. The van der Waals surface area contributed by atoms with Crippen LogP contribution < -0.4 is 16.0 Å². The number of nitrogen functional groups attached to an aromatic ring is 1. The van der Waals surface area contributed by atoms with Crippen LogP contribution in [0.25, 0.3) is 0 Å². The molecule has 0 amide bonds. The third kappa shape index (κ3) is 4.23. The Hall–Kier alpha value is -3.15. The van der Waals surface area contributed by atoms with E-state index >= 15 is 0 Å². The van der Waals surface area contributed by atoms with Crippen molar-refractivity contribution in [1.82, 2.24) is 15.0 Å². The first-order chi connectivity index (χ1) is 12.1. The number of anilines is 3. The number of aromatic nitrogens is 3. The molecule has 0 bridgehead atoms. The number of nitrogens with zero attached hydrogens (tertiary/aromatic N) is 4. The Bertz CT molecular complexity index is 834. The van der Waals surface area contributed by atoms with E-state index in [1.54, 1.807) is 12.4 Å². The number of benzene rings is 1. The Morgan fingerprint density at radius 2 is 1.88 bits per heavy atom. The van der Waals surface area contributed by atoms with Crippen LogP contribution in [-0.4, -0.2) is 22.0 Å². The molecule has 2 heterocycles. The van der Waals surface area contributed by atoms with Gasteiger partial charge in [0.05, 0.1) is 0 Å². The fourth-order valence-electron chi connectivity index (χ4n) is 2.56. The van der Waals surface area contributed by atoms with Gasteiger partial charge >= 0.3 is 0 Å². The molecule has 25 heavy (non-hydrogen) atoms. The zero-order valence-corrected chi connectivity index (χ0v) is 14.5. The normalized spacial score (nSPS) is 10.5. The first-order valence-corrected chi connectivity index (χ1v) is 8.15. The van der Waals surface area contributed by atoms with Crippen LogP contribution in [-0.2, 0) is 13.1 Å². The lowest BCUT2D eigenvalue weighted by molar-refractivity contribution is 0.880. The predicted molar refractivity (Wildman–Crippen MR) is 101 cm³/mol. The summed E-state index contributed by atoms with van der Waals surface area (Å²) in [6, 6.07) is 14.3. The van der Waals surface area contributed by atoms with Crippen LogP contribution in [0.1, 0.15) is 16.7 Å². The standard InChI is InChI=1S/C19H22N6/c1-14-11-22-19(24-17(14)20)23-12-16-9-6-10-21-18(16)25(2)13-15-7-4-3-5-8-15/h3-11H,12-13H2,1-2H3,(H3,20,22,23,24). The second-order valence-corrected chi connectivity index (χ2v) is 5.94. The van der Waals surface area contributed by atoms with Gasteiger partial charge in [-0.15, -0.1) is 0 Å². The number of nitrogens with two attached hydrogens (primary N) is 1. The van der Waals surface area contributed by atoms with Crippen LogP contribution in [0.4, 0.5) is 17.6 Å². The largest absolute Gasteiger partial charge is 0.383 e. The molecule has 0 fully saturated rings. The van der Waals surface area contributed by atoms with Crippen LogP contribution in [0.15, 0.2) is 54.9 Å². The van der Waals surface area contributed by atoms with Gasteiger partial charge in [0.2, 0.25) is 5.95 Å². The van der Waals surface area contributed by atoms with Crippen molar-refractivity contribution in [3.05, 3.63) is 71.5 Å². The van der Waals surface area contributed by atoms with Crippen molar-refractivity contribution in [2.75, 3.05) is 23.0 Å². The monoisotopic (exact) mass is 334 g/mol. The zero-order valence-electron chi connectivity index (χ0n) is 14.5. The first-order valence-electron chi connectivity index (χ1n) is 8.15. The van der Waals surface area contributed by atoms with Crippen molar-refractivity contribution in [1.29, 1.82) is 0 Å². The van der Waals surface area contributed by atoms with E-state index in [4.69, 9.17) is 5.73 Å². The first kappa shape index (κ1) is 16.7. The van der Waals surface area contributed by atoms with Gasteiger partial charge in [0.25, 0.3) is 0 Å². The molecule has 3 aromatic rings. The highest BCUT2D eigenvalue weighted by Crippen LogP contribution is 2.19. The van der Waals surface area contributed by atoms with Crippen LogP contribution in [0, 0.1) is 6.92 Å². The molecule has 0 aliphatic carbocycles. The van der Waals surface area contributed by atoms with Gasteiger partial charge in [0.15, 0.2) is 0 Å². The molecule has 0 radical (unpaired) electrons. The molecule has 6 heteroatoms. The fourth-order valence-corrected chi connectivity index (χ4v) is 2.56. The maximum atomic E-state index is 5.84. The Morgan fingerprint density at radius 3 is 2.64 bits per heavy atom. The van der Waals surface area contributed by atoms with Gasteiger partial charge in [-0.05, 0) is 18.6 Å². The summed E-state index contributed by atoms with van der Waals surface area (Å²) in [6.07, 6.45) is 3.52. The molecule has 0 atom stereocenters. The van der Waals surface area contributed by atoms with Crippen LogP contribution in [0.5, 0.6) is 0 Å². The Morgan fingerprint density at radius 1 is 1.08 bits per heavy atom. The van der Waals surface area contributed by atoms with Gasteiger partial charge in [-0.3, -0.25) is 0 Å². The molecule has 3 N–H and O–H groups in total. The van der Waals surface area contributed by atoms with E-state index < -0.39 is 0 Å². The number of hydrogen-bond acceptors (Lipinski definition) is 6. The van der Waals surface area contributed by atoms with E-state index in [0.717, 1.165) is 23.5 Å². The average molecular weight is 334 g/mol. The van der Waals surface area contributed by atoms with Gasteiger partial charge in [0, 0.05) is 43.7 Å². The summed E-state index contributed by atoms with van der Waals surface area (Å²) in [7, 11) is 2.04. The topological polar surface area (TPSA) is 80.0 Å². The number of nitrogens with one attached hydrogen (secondary N) is 1. The lowest BCUT2D eigenvalue weighted by Gasteiger charge is -2.21. The number of hydrogen-bond donors (Lipinski definition) is 2. The summed E-state index contributed by atoms with van der Waals surface area (Å²) >= 11 is 0. The van der Waals surface area contributed by atoms with E-state index in [2.05, 4.69) is 37.3 Å². The van der Waals surface area contributed by atoms with Crippen molar-refractivity contribution in [2.45, 2.75) is 20.0 Å².